The lowest BCUT2D eigenvalue weighted by atomic mass is 9.81. The van der Waals surface area contributed by atoms with Gasteiger partial charge in [-0.1, -0.05) is 61.9 Å². The second-order valence-corrected chi connectivity index (χ2v) is 10.1. The van der Waals surface area contributed by atoms with Crippen molar-refractivity contribution in [3.63, 3.8) is 0 Å². The summed E-state index contributed by atoms with van der Waals surface area (Å²) in [5, 5.41) is 3.23. The Morgan fingerprint density at radius 1 is 0.970 bits per heavy atom. The molecule has 2 nitrogen and oxygen atoms in total. The quantitative estimate of drug-likeness (QED) is 0.392. The van der Waals surface area contributed by atoms with Crippen LogP contribution in [0, 0.1) is 0 Å². The second-order valence-electron chi connectivity index (χ2n) is 9.63. The molecule has 168 valence electrons. The second kappa shape index (κ2) is 8.43. The highest BCUT2D eigenvalue weighted by molar-refractivity contribution is 6.31. The summed E-state index contributed by atoms with van der Waals surface area (Å²) in [6.45, 7) is 6.82. The average Bonchev–Trinajstić information content (AvgIpc) is 3.00. The van der Waals surface area contributed by atoms with Gasteiger partial charge in [-0.3, -0.25) is 0 Å². The number of likely N-dealkylation sites (N-methyl/N-ethyl adjacent to an activating group) is 1. The SMILES string of the molecule is CC1=C(Oc2ccccc2)/C(=C/C=C2/N(C)c3ccc4cc(Cl)ccc4c3C2(C)C)CCC1. The monoisotopic (exact) mass is 455 g/mol. The molecule has 0 radical (unpaired) electrons. The van der Waals surface area contributed by atoms with E-state index in [1.807, 2.05) is 36.4 Å². The van der Waals surface area contributed by atoms with Crippen molar-refractivity contribution in [1.29, 1.82) is 0 Å². The van der Waals surface area contributed by atoms with Gasteiger partial charge in [-0.15, -0.1) is 0 Å². The lowest BCUT2D eigenvalue weighted by Gasteiger charge is -2.25. The van der Waals surface area contributed by atoms with Gasteiger partial charge in [0.2, 0.25) is 0 Å². The first-order valence-electron chi connectivity index (χ1n) is 11.7. The minimum absolute atomic E-state index is 0.123. The van der Waals surface area contributed by atoms with Crippen LogP contribution in [-0.4, -0.2) is 7.05 Å². The van der Waals surface area contributed by atoms with Crippen LogP contribution in [0.4, 0.5) is 5.69 Å². The van der Waals surface area contributed by atoms with E-state index in [0.717, 1.165) is 35.8 Å². The van der Waals surface area contributed by atoms with Gasteiger partial charge in [0.05, 0.1) is 0 Å². The number of halogens is 1. The molecule has 0 fully saturated rings. The zero-order valence-electron chi connectivity index (χ0n) is 19.8. The highest BCUT2D eigenvalue weighted by Gasteiger charge is 2.39. The number of benzene rings is 3. The van der Waals surface area contributed by atoms with Gasteiger partial charge in [-0.05, 0) is 90.1 Å². The Bertz CT molecular complexity index is 1310. The molecule has 1 aliphatic carbocycles. The Morgan fingerprint density at radius 3 is 2.55 bits per heavy atom. The summed E-state index contributed by atoms with van der Waals surface area (Å²) in [6.07, 6.45) is 7.85. The first-order valence-corrected chi connectivity index (χ1v) is 12.0. The third-order valence-corrected chi connectivity index (χ3v) is 7.27. The molecule has 2 aliphatic rings. The molecule has 0 saturated heterocycles. The number of anilines is 1. The lowest BCUT2D eigenvalue weighted by molar-refractivity contribution is 0.413. The molecule has 0 bridgehead atoms. The van der Waals surface area contributed by atoms with Crippen LogP contribution in [-0.2, 0) is 5.41 Å². The summed E-state index contributed by atoms with van der Waals surface area (Å²) in [6, 6.07) is 20.7. The van der Waals surface area contributed by atoms with E-state index in [2.05, 4.69) is 69.1 Å². The maximum absolute atomic E-state index is 6.36. The van der Waals surface area contributed by atoms with Gasteiger partial charge in [0.15, 0.2) is 0 Å². The number of allylic oxidation sites excluding steroid dienone is 5. The molecule has 0 unspecified atom stereocenters. The van der Waals surface area contributed by atoms with E-state index in [4.69, 9.17) is 16.3 Å². The van der Waals surface area contributed by atoms with E-state index >= 15 is 0 Å². The molecule has 5 rings (SSSR count). The topological polar surface area (TPSA) is 12.5 Å². The molecule has 0 spiro atoms. The van der Waals surface area contributed by atoms with Gasteiger partial charge < -0.3 is 9.64 Å². The highest BCUT2D eigenvalue weighted by atomic mass is 35.5. The first-order chi connectivity index (χ1) is 15.9. The van der Waals surface area contributed by atoms with E-state index in [-0.39, 0.29) is 5.41 Å². The highest BCUT2D eigenvalue weighted by Crippen LogP contribution is 2.50. The van der Waals surface area contributed by atoms with E-state index in [9.17, 15) is 0 Å². The molecule has 33 heavy (non-hydrogen) atoms. The number of ether oxygens (including phenoxy) is 1. The maximum Gasteiger partial charge on any atom is 0.129 e. The molecule has 1 heterocycles. The van der Waals surface area contributed by atoms with Crippen molar-refractivity contribution in [2.45, 2.75) is 45.4 Å². The van der Waals surface area contributed by atoms with Crippen LogP contribution in [0.3, 0.4) is 0 Å². The lowest BCUT2D eigenvalue weighted by Crippen LogP contribution is -2.22. The summed E-state index contributed by atoms with van der Waals surface area (Å²) in [5.74, 6) is 1.92. The van der Waals surface area contributed by atoms with Gasteiger partial charge in [0.1, 0.15) is 11.5 Å². The standard InChI is InChI=1S/C30H30ClNO/c1-20-9-8-10-21(29(20)33-24-11-6-5-7-12-24)14-18-27-30(2,3)28-25-16-15-23(31)19-22(25)13-17-26(28)32(27)4/h5-7,11-19H,8-10H2,1-4H3/b21-14+,27-18+. The maximum atomic E-state index is 6.36. The fraction of sp³-hybridized carbons (Fsp3) is 0.267. The van der Waals surface area contributed by atoms with E-state index < -0.39 is 0 Å². The Morgan fingerprint density at radius 2 is 1.76 bits per heavy atom. The molecule has 1 aliphatic heterocycles. The molecule has 0 saturated carbocycles. The van der Waals surface area contributed by atoms with Crippen LogP contribution < -0.4 is 9.64 Å². The summed E-state index contributed by atoms with van der Waals surface area (Å²) in [7, 11) is 2.17. The van der Waals surface area contributed by atoms with Crippen molar-refractivity contribution in [3.05, 3.63) is 106 Å². The number of fused-ring (bicyclic) bond motifs is 3. The summed E-state index contributed by atoms with van der Waals surface area (Å²) >= 11 is 6.27. The zero-order chi connectivity index (χ0) is 23.2. The average molecular weight is 456 g/mol. The molecule has 0 amide bonds. The van der Waals surface area contributed by atoms with Crippen molar-refractivity contribution in [1.82, 2.24) is 0 Å². The van der Waals surface area contributed by atoms with Crippen molar-refractivity contribution >= 4 is 28.1 Å². The van der Waals surface area contributed by atoms with Crippen molar-refractivity contribution in [2.24, 2.45) is 0 Å². The number of hydrogen-bond donors (Lipinski definition) is 0. The third-order valence-electron chi connectivity index (χ3n) is 7.03. The van der Waals surface area contributed by atoms with E-state index in [1.165, 1.54) is 38.9 Å². The number of rotatable bonds is 3. The third kappa shape index (κ3) is 3.87. The van der Waals surface area contributed by atoms with Crippen LogP contribution in [0.5, 0.6) is 5.75 Å². The Hall–Kier alpha value is -2.97. The van der Waals surface area contributed by atoms with Gasteiger partial charge in [-0.2, -0.15) is 0 Å². The molecule has 3 aromatic rings. The summed E-state index contributed by atoms with van der Waals surface area (Å²) in [5.41, 5.74) is 6.37. The predicted octanol–water partition coefficient (Wildman–Crippen LogP) is 8.57. The van der Waals surface area contributed by atoms with Crippen LogP contribution in [0.25, 0.3) is 10.8 Å². The Balaban J connectivity index is 1.55. The Labute approximate surface area is 201 Å². The first kappa shape index (κ1) is 21.9. The number of nitrogens with zero attached hydrogens (tertiary/aromatic N) is 1. The molecule has 3 heteroatoms. The minimum Gasteiger partial charge on any atom is -0.457 e. The fourth-order valence-electron chi connectivity index (χ4n) is 5.37. The van der Waals surface area contributed by atoms with Gasteiger partial charge in [0, 0.05) is 28.9 Å². The minimum atomic E-state index is -0.123. The molecule has 0 atom stereocenters. The van der Waals surface area contributed by atoms with Crippen LogP contribution in [0.2, 0.25) is 5.02 Å². The molecular weight excluding hydrogens is 426 g/mol. The van der Waals surface area contributed by atoms with Gasteiger partial charge in [0.25, 0.3) is 0 Å². The zero-order valence-corrected chi connectivity index (χ0v) is 20.5. The van der Waals surface area contributed by atoms with Gasteiger partial charge >= 0.3 is 0 Å². The van der Waals surface area contributed by atoms with E-state index in [1.54, 1.807) is 0 Å². The van der Waals surface area contributed by atoms with E-state index in [0.29, 0.717) is 0 Å². The molecule has 0 aromatic heterocycles. The van der Waals surface area contributed by atoms with Crippen molar-refractivity contribution < 1.29 is 4.74 Å². The normalized spacial score (nSPS) is 20.1. The number of para-hydroxylation sites is 1. The Kier molecular flexibility index (Phi) is 5.58. The van der Waals surface area contributed by atoms with Gasteiger partial charge in [-0.25, -0.2) is 0 Å². The summed E-state index contributed by atoms with van der Waals surface area (Å²) < 4.78 is 6.36. The molecule has 0 N–H and O–H groups in total. The number of hydrogen-bond acceptors (Lipinski definition) is 2. The molecular formula is C30H30ClNO. The fourth-order valence-corrected chi connectivity index (χ4v) is 5.55. The van der Waals surface area contributed by atoms with Crippen LogP contribution >= 0.6 is 11.6 Å². The van der Waals surface area contributed by atoms with Crippen LogP contribution in [0.1, 0.15) is 45.6 Å². The largest absolute Gasteiger partial charge is 0.457 e. The predicted molar refractivity (Wildman–Crippen MR) is 140 cm³/mol. The summed E-state index contributed by atoms with van der Waals surface area (Å²) in [4.78, 5) is 2.33. The van der Waals surface area contributed by atoms with Crippen LogP contribution in [0.15, 0.2) is 95.4 Å². The molecule has 3 aromatic carbocycles. The van der Waals surface area contributed by atoms with Crippen molar-refractivity contribution in [2.75, 3.05) is 11.9 Å². The van der Waals surface area contributed by atoms with Crippen molar-refractivity contribution in [3.8, 4) is 5.75 Å². The smallest absolute Gasteiger partial charge is 0.129 e.